The fraction of sp³-hybridized carbons (Fsp3) is 0.812. The second-order valence-electron chi connectivity index (χ2n) is 7.68. The minimum Gasteiger partial charge on any atom is -0.324 e. The van der Waals surface area contributed by atoms with E-state index in [0.717, 1.165) is 24.3 Å². The second-order valence-corrected chi connectivity index (χ2v) is 7.68. The van der Waals surface area contributed by atoms with Crippen molar-refractivity contribution in [2.24, 2.45) is 28.9 Å². The lowest BCUT2D eigenvalue weighted by molar-refractivity contribution is -0.0635. The molecule has 4 saturated carbocycles. The maximum atomic E-state index is 5.93. The quantitative estimate of drug-likeness (QED) is 0.906. The fourth-order valence-corrected chi connectivity index (χ4v) is 5.53. The van der Waals surface area contributed by atoms with Gasteiger partial charge in [0.05, 0.1) is 6.20 Å². The zero-order valence-electron chi connectivity index (χ0n) is 11.9. The van der Waals surface area contributed by atoms with Crippen molar-refractivity contribution < 1.29 is 0 Å². The highest BCUT2D eigenvalue weighted by Crippen LogP contribution is 2.60. The molecule has 1 aromatic heterocycles. The van der Waals surface area contributed by atoms with Gasteiger partial charge in [0.2, 0.25) is 0 Å². The van der Waals surface area contributed by atoms with Crippen molar-refractivity contribution in [3.05, 3.63) is 18.0 Å². The van der Waals surface area contributed by atoms with Gasteiger partial charge in [-0.25, -0.2) is 0 Å². The van der Waals surface area contributed by atoms with E-state index in [2.05, 4.69) is 16.0 Å². The number of hydrogen-bond donors (Lipinski definition) is 1. The van der Waals surface area contributed by atoms with Gasteiger partial charge in [-0.15, -0.1) is 0 Å². The minimum atomic E-state index is 0.102. The topological polar surface area (TPSA) is 43.8 Å². The van der Waals surface area contributed by atoms with E-state index in [9.17, 15) is 0 Å². The first-order valence-corrected chi connectivity index (χ1v) is 7.90. The molecule has 4 fully saturated rings. The van der Waals surface area contributed by atoms with Crippen LogP contribution in [0.5, 0.6) is 0 Å². The van der Waals surface area contributed by atoms with Crippen molar-refractivity contribution in [3.8, 4) is 0 Å². The third-order valence-corrected chi connectivity index (χ3v) is 5.84. The number of hydrogen-bond acceptors (Lipinski definition) is 2. The van der Waals surface area contributed by atoms with Crippen LogP contribution in [0.15, 0.2) is 12.4 Å². The van der Waals surface area contributed by atoms with Gasteiger partial charge in [0.1, 0.15) is 0 Å². The molecule has 0 amide bonds. The molecule has 0 aliphatic heterocycles. The zero-order chi connectivity index (χ0) is 13.0. The molecule has 5 rings (SSSR count). The van der Waals surface area contributed by atoms with Gasteiger partial charge in [0.15, 0.2) is 0 Å². The Kier molecular flexibility index (Phi) is 2.57. The summed E-state index contributed by atoms with van der Waals surface area (Å²) in [6.07, 6.45) is 13.0. The molecule has 1 atom stereocenters. The van der Waals surface area contributed by atoms with E-state index in [4.69, 9.17) is 5.73 Å². The van der Waals surface area contributed by atoms with Crippen LogP contribution in [0.4, 0.5) is 0 Å². The summed E-state index contributed by atoms with van der Waals surface area (Å²) in [7, 11) is 0. The maximum absolute atomic E-state index is 5.93. The van der Waals surface area contributed by atoms with Crippen LogP contribution in [-0.4, -0.2) is 9.78 Å². The molecule has 3 nitrogen and oxygen atoms in total. The van der Waals surface area contributed by atoms with E-state index < -0.39 is 0 Å². The molecule has 4 bridgehead atoms. The summed E-state index contributed by atoms with van der Waals surface area (Å²) in [5.74, 6) is 3.07. The molecule has 2 N–H and O–H groups in total. The molecule has 1 heterocycles. The highest BCUT2D eigenvalue weighted by atomic mass is 15.3. The summed E-state index contributed by atoms with van der Waals surface area (Å²) in [6.45, 7) is 3.16. The van der Waals surface area contributed by atoms with Gasteiger partial charge in [0, 0.05) is 24.3 Å². The van der Waals surface area contributed by atoms with Gasteiger partial charge >= 0.3 is 0 Å². The summed E-state index contributed by atoms with van der Waals surface area (Å²) < 4.78 is 2.17. The molecule has 1 unspecified atom stereocenters. The molecule has 104 valence electrons. The van der Waals surface area contributed by atoms with Crippen LogP contribution in [0.3, 0.4) is 0 Å². The van der Waals surface area contributed by atoms with Crippen LogP contribution in [0, 0.1) is 23.2 Å². The molecule has 4 aliphatic carbocycles. The Bertz CT molecular complexity index is 439. The van der Waals surface area contributed by atoms with Gasteiger partial charge in [-0.1, -0.05) is 0 Å². The largest absolute Gasteiger partial charge is 0.324 e. The monoisotopic (exact) mass is 259 g/mol. The lowest BCUT2D eigenvalue weighted by Gasteiger charge is -2.56. The Hall–Kier alpha value is -0.830. The van der Waals surface area contributed by atoms with Gasteiger partial charge in [-0.3, -0.25) is 4.68 Å². The molecule has 0 saturated heterocycles. The molecule has 19 heavy (non-hydrogen) atoms. The lowest BCUT2D eigenvalue weighted by atomic mass is 9.49. The van der Waals surface area contributed by atoms with Crippen molar-refractivity contribution in [2.45, 2.75) is 58.0 Å². The Morgan fingerprint density at radius 3 is 2.32 bits per heavy atom. The van der Waals surface area contributed by atoms with Crippen LogP contribution in [-0.2, 0) is 6.54 Å². The van der Waals surface area contributed by atoms with E-state index in [1.165, 1.54) is 44.1 Å². The van der Waals surface area contributed by atoms with Crippen LogP contribution < -0.4 is 5.73 Å². The van der Waals surface area contributed by atoms with Gasteiger partial charge in [0.25, 0.3) is 0 Å². The number of nitrogens with zero attached hydrogens (tertiary/aromatic N) is 2. The molecule has 4 aliphatic rings. The van der Waals surface area contributed by atoms with Crippen LogP contribution in [0.1, 0.15) is 57.1 Å². The standard InChI is InChI=1S/C16H25N3/c1-11(17)15-8-18-19(9-15)10-16-5-12-2-13(6-16)4-14(3-12)7-16/h8-9,11-14H,2-7,10,17H2,1H3. The van der Waals surface area contributed by atoms with Crippen molar-refractivity contribution in [1.29, 1.82) is 0 Å². The number of rotatable bonds is 3. The van der Waals surface area contributed by atoms with Crippen LogP contribution in [0.25, 0.3) is 0 Å². The van der Waals surface area contributed by atoms with Gasteiger partial charge < -0.3 is 5.73 Å². The predicted molar refractivity (Wildman–Crippen MR) is 75.4 cm³/mol. The van der Waals surface area contributed by atoms with E-state index in [-0.39, 0.29) is 6.04 Å². The number of nitrogens with two attached hydrogens (primary N) is 1. The van der Waals surface area contributed by atoms with Crippen molar-refractivity contribution in [1.82, 2.24) is 9.78 Å². The molecular weight excluding hydrogens is 234 g/mol. The second kappa shape index (κ2) is 4.08. The number of aromatic nitrogens is 2. The normalized spacial score (nSPS) is 41.7. The summed E-state index contributed by atoms with van der Waals surface area (Å²) in [4.78, 5) is 0. The maximum Gasteiger partial charge on any atom is 0.0537 e. The molecule has 1 aromatic rings. The molecular formula is C16H25N3. The third-order valence-electron chi connectivity index (χ3n) is 5.84. The molecule has 0 aromatic carbocycles. The van der Waals surface area contributed by atoms with Gasteiger partial charge in [-0.2, -0.15) is 5.10 Å². The lowest BCUT2D eigenvalue weighted by Crippen LogP contribution is -2.47. The summed E-state index contributed by atoms with van der Waals surface area (Å²) in [5.41, 5.74) is 7.67. The van der Waals surface area contributed by atoms with Crippen molar-refractivity contribution >= 4 is 0 Å². The van der Waals surface area contributed by atoms with Crippen molar-refractivity contribution in [3.63, 3.8) is 0 Å². The zero-order valence-corrected chi connectivity index (χ0v) is 11.9. The van der Waals surface area contributed by atoms with E-state index in [1.807, 2.05) is 13.1 Å². The Morgan fingerprint density at radius 2 is 1.84 bits per heavy atom. The summed E-state index contributed by atoms with van der Waals surface area (Å²) in [5, 5.41) is 4.55. The third kappa shape index (κ3) is 2.03. The molecule has 3 heteroatoms. The highest BCUT2D eigenvalue weighted by molar-refractivity contribution is 5.09. The smallest absolute Gasteiger partial charge is 0.0537 e. The summed E-state index contributed by atoms with van der Waals surface area (Å²) in [6, 6.07) is 0.102. The predicted octanol–water partition coefficient (Wildman–Crippen LogP) is 3.12. The van der Waals surface area contributed by atoms with E-state index in [0.29, 0.717) is 5.41 Å². The molecule has 0 radical (unpaired) electrons. The van der Waals surface area contributed by atoms with Crippen LogP contribution in [0.2, 0.25) is 0 Å². The van der Waals surface area contributed by atoms with Crippen LogP contribution >= 0.6 is 0 Å². The highest BCUT2D eigenvalue weighted by Gasteiger charge is 2.50. The molecule has 0 spiro atoms. The first-order valence-electron chi connectivity index (χ1n) is 7.90. The van der Waals surface area contributed by atoms with Gasteiger partial charge in [-0.05, 0) is 68.6 Å². The first-order chi connectivity index (χ1) is 9.12. The average Bonchev–Trinajstić information content (AvgIpc) is 2.74. The fourth-order valence-electron chi connectivity index (χ4n) is 5.53. The minimum absolute atomic E-state index is 0.102. The Morgan fingerprint density at radius 1 is 1.26 bits per heavy atom. The Balaban J connectivity index is 1.55. The SMILES string of the molecule is CC(N)c1cnn(CC23CC4CC(CC(C4)C2)C3)c1. The van der Waals surface area contributed by atoms with Crippen molar-refractivity contribution in [2.75, 3.05) is 0 Å². The van der Waals surface area contributed by atoms with E-state index >= 15 is 0 Å². The summed E-state index contributed by atoms with van der Waals surface area (Å²) >= 11 is 0. The average molecular weight is 259 g/mol. The van der Waals surface area contributed by atoms with E-state index in [1.54, 1.807) is 0 Å². The Labute approximate surface area is 115 Å². The first kappa shape index (κ1) is 12.0.